The minimum atomic E-state index is 0.0352. The van der Waals surface area contributed by atoms with Crippen molar-refractivity contribution in [1.29, 1.82) is 0 Å². The molecule has 0 spiro atoms. The lowest BCUT2D eigenvalue weighted by atomic mass is 9.98. The van der Waals surface area contributed by atoms with Crippen LogP contribution >= 0.6 is 0 Å². The Kier molecular flexibility index (Phi) is 6.39. The average molecular weight is 383 g/mol. The molecule has 0 bridgehead atoms. The highest BCUT2D eigenvalue weighted by atomic mass is 16.5. The van der Waals surface area contributed by atoms with E-state index in [9.17, 15) is 4.79 Å². The lowest BCUT2D eigenvalue weighted by Gasteiger charge is -2.30. The van der Waals surface area contributed by atoms with E-state index in [1.54, 1.807) is 26.5 Å². The third-order valence-corrected chi connectivity index (χ3v) is 5.24. The molecule has 1 aliphatic rings. The molecule has 0 aliphatic carbocycles. The summed E-state index contributed by atoms with van der Waals surface area (Å²) in [6.07, 6.45) is 4.75. The van der Waals surface area contributed by atoms with Gasteiger partial charge in [-0.2, -0.15) is 0 Å². The van der Waals surface area contributed by atoms with Gasteiger partial charge in [0.05, 0.1) is 14.2 Å². The number of aromatic nitrogens is 1. The summed E-state index contributed by atoms with van der Waals surface area (Å²) < 4.78 is 10.8. The van der Waals surface area contributed by atoms with E-state index >= 15 is 0 Å². The molecule has 2 aromatic rings. The van der Waals surface area contributed by atoms with Crippen molar-refractivity contribution in [2.75, 3.05) is 39.3 Å². The fourth-order valence-electron chi connectivity index (χ4n) is 3.51. The number of hydrogen-bond donors (Lipinski definition) is 0. The predicted molar refractivity (Wildman–Crippen MR) is 110 cm³/mol. The van der Waals surface area contributed by atoms with Gasteiger partial charge in [-0.05, 0) is 48.2 Å². The van der Waals surface area contributed by atoms with E-state index in [2.05, 4.69) is 16.8 Å². The van der Waals surface area contributed by atoms with Gasteiger partial charge in [0.15, 0.2) is 11.5 Å². The molecule has 0 unspecified atom stereocenters. The number of anilines is 1. The summed E-state index contributed by atoms with van der Waals surface area (Å²) >= 11 is 0. The molecule has 6 nitrogen and oxygen atoms in total. The second-order valence-corrected chi connectivity index (χ2v) is 7.13. The third kappa shape index (κ3) is 4.21. The number of ether oxygens (including phenoxy) is 2. The van der Waals surface area contributed by atoms with Gasteiger partial charge in [-0.1, -0.05) is 13.3 Å². The topological polar surface area (TPSA) is 54.9 Å². The number of pyridine rings is 1. The van der Waals surface area contributed by atoms with Crippen molar-refractivity contribution >= 4 is 11.7 Å². The van der Waals surface area contributed by atoms with E-state index in [0.717, 1.165) is 42.9 Å². The quantitative estimate of drug-likeness (QED) is 0.732. The Morgan fingerprint density at radius 2 is 1.89 bits per heavy atom. The summed E-state index contributed by atoms with van der Waals surface area (Å²) in [7, 11) is 5.29. The minimum absolute atomic E-state index is 0.0352. The first-order valence-electron chi connectivity index (χ1n) is 9.77. The number of benzene rings is 1. The molecular weight excluding hydrogens is 354 g/mol. The molecule has 1 aromatic heterocycles. The molecule has 28 heavy (non-hydrogen) atoms. The van der Waals surface area contributed by atoms with Crippen LogP contribution in [0.5, 0.6) is 11.5 Å². The molecular formula is C22H29N3O3. The molecule has 0 saturated heterocycles. The number of hydrogen-bond acceptors (Lipinski definition) is 5. The third-order valence-electron chi connectivity index (χ3n) is 5.24. The van der Waals surface area contributed by atoms with E-state index in [1.807, 2.05) is 30.1 Å². The van der Waals surface area contributed by atoms with Gasteiger partial charge in [0, 0.05) is 38.4 Å². The maximum Gasteiger partial charge on any atom is 0.254 e. The second kappa shape index (κ2) is 8.95. The van der Waals surface area contributed by atoms with Crippen LogP contribution in [0.2, 0.25) is 0 Å². The number of unbranched alkanes of at least 4 members (excludes halogenated alkanes) is 1. The maximum absolute atomic E-state index is 13.1. The van der Waals surface area contributed by atoms with Crippen LogP contribution < -0.4 is 14.4 Å². The summed E-state index contributed by atoms with van der Waals surface area (Å²) in [6.45, 7) is 4.35. The number of fused-ring (bicyclic) bond motifs is 1. The van der Waals surface area contributed by atoms with E-state index < -0.39 is 0 Å². The molecule has 2 heterocycles. The molecule has 0 fully saturated rings. The fourth-order valence-corrected chi connectivity index (χ4v) is 3.51. The molecule has 0 radical (unpaired) electrons. The van der Waals surface area contributed by atoms with E-state index in [-0.39, 0.29) is 5.91 Å². The number of nitrogens with zero attached hydrogens (tertiary/aromatic N) is 3. The molecule has 1 amide bonds. The normalized spacial score (nSPS) is 13.1. The van der Waals surface area contributed by atoms with Crippen LogP contribution in [-0.2, 0) is 13.0 Å². The zero-order chi connectivity index (χ0) is 20.1. The van der Waals surface area contributed by atoms with Gasteiger partial charge < -0.3 is 19.3 Å². The highest BCUT2D eigenvalue weighted by Gasteiger charge is 2.24. The number of rotatable bonds is 7. The Labute approximate surface area is 167 Å². The van der Waals surface area contributed by atoms with Gasteiger partial charge in [0.2, 0.25) is 0 Å². The SMILES string of the molecule is CCCCN(C)c1cc(C(=O)N2CCc3cc(OC)c(OC)cc3C2)ccn1. The molecule has 3 rings (SSSR count). The Hall–Kier alpha value is -2.76. The summed E-state index contributed by atoms with van der Waals surface area (Å²) in [5, 5.41) is 0. The Balaban J connectivity index is 1.78. The Morgan fingerprint density at radius 1 is 1.18 bits per heavy atom. The highest BCUT2D eigenvalue weighted by molar-refractivity contribution is 5.95. The Bertz CT molecular complexity index is 838. The van der Waals surface area contributed by atoms with Crippen LogP contribution in [0.4, 0.5) is 5.82 Å². The van der Waals surface area contributed by atoms with Crippen molar-refractivity contribution in [2.24, 2.45) is 0 Å². The summed E-state index contributed by atoms with van der Waals surface area (Å²) in [5.41, 5.74) is 2.99. The van der Waals surface area contributed by atoms with Crippen molar-refractivity contribution in [3.05, 3.63) is 47.2 Å². The first-order chi connectivity index (χ1) is 13.6. The molecule has 0 atom stereocenters. The number of amides is 1. The molecule has 1 aliphatic heterocycles. The van der Waals surface area contributed by atoms with Crippen LogP contribution in [0.25, 0.3) is 0 Å². The number of methoxy groups -OCH3 is 2. The smallest absolute Gasteiger partial charge is 0.254 e. The van der Waals surface area contributed by atoms with Gasteiger partial charge in [0.25, 0.3) is 5.91 Å². The minimum Gasteiger partial charge on any atom is -0.493 e. The van der Waals surface area contributed by atoms with Crippen LogP contribution in [0.3, 0.4) is 0 Å². The predicted octanol–water partition coefficient (Wildman–Crippen LogP) is 3.53. The molecule has 6 heteroatoms. The van der Waals surface area contributed by atoms with Crippen LogP contribution in [-0.4, -0.2) is 50.1 Å². The lowest BCUT2D eigenvalue weighted by molar-refractivity contribution is 0.0734. The molecule has 0 N–H and O–H groups in total. The summed E-state index contributed by atoms with van der Waals surface area (Å²) in [5.74, 6) is 2.30. The summed E-state index contributed by atoms with van der Waals surface area (Å²) in [6, 6.07) is 7.68. The van der Waals surface area contributed by atoms with Gasteiger partial charge in [0.1, 0.15) is 5.82 Å². The van der Waals surface area contributed by atoms with Crippen molar-refractivity contribution in [2.45, 2.75) is 32.7 Å². The highest BCUT2D eigenvalue weighted by Crippen LogP contribution is 2.33. The van der Waals surface area contributed by atoms with Crippen molar-refractivity contribution in [3.63, 3.8) is 0 Å². The molecule has 0 saturated carbocycles. The second-order valence-electron chi connectivity index (χ2n) is 7.13. The van der Waals surface area contributed by atoms with Crippen molar-refractivity contribution in [3.8, 4) is 11.5 Å². The molecule has 150 valence electrons. The van der Waals surface area contributed by atoms with Gasteiger partial charge >= 0.3 is 0 Å². The van der Waals surface area contributed by atoms with Crippen molar-refractivity contribution in [1.82, 2.24) is 9.88 Å². The van der Waals surface area contributed by atoms with Crippen LogP contribution in [0.1, 0.15) is 41.3 Å². The Morgan fingerprint density at radius 3 is 2.57 bits per heavy atom. The zero-order valence-electron chi connectivity index (χ0n) is 17.2. The molecule has 1 aromatic carbocycles. The van der Waals surface area contributed by atoms with Gasteiger partial charge in [-0.25, -0.2) is 4.98 Å². The first-order valence-corrected chi connectivity index (χ1v) is 9.77. The number of carbonyl (C=O) groups is 1. The lowest BCUT2D eigenvalue weighted by Crippen LogP contribution is -2.36. The zero-order valence-corrected chi connectivity index (χ0v) is 17.2. The largest absolute Gasteiger partial charge is 0.493 e. The first kappa shape index (κ1) is 20.0. The van der Waals surface area contributed by atoms with Gasteiger partial charge in [-0.3, -0.25) is 4.79 Å². The van der Waals surface area contributed by atoms with Crippen LogP contribution in [0, 0.1) is 0 Å². The number of carbonyl (C=O) groups excluding carboxylic acids is 1. The van der Waals surface area contributed by atoms with E-state index in [4.69, 9.17) is 9.47 Å². The fraction of sp³-hybridized carbons (Fsp3) is 0.455. The maximum atomic E-state index is 13.1. The summed E-state index contributed by atoms with van der Waals surface area (Å²) in [4.78, 5) is 21.5. The monoisotopic (exact) mass is 383 g/mol. The van der Waals surface area contributed by atoms with Gasteiger partial charge in [-0.15, -0.1) is 0 Å². The van der Waals surface area contributed by atoms with Crippen molar-refractivity contribution < 1.29 is 14.3 Å². The van der Waals surface area contributed by atoms with Crippen LogP contribution in [0.15, 0.2) is 30.5 Å². The standard InChI is InChI=1S/C22H29N3O3/c1-5-6-10-24(2)21-14-17(7-9-23-21)22(26)25-11-8-16-12-19(27-3)20(28-4)13-18(16)15-25/h7,9,12-14H,5-6,8,10-11,15H2,1-4H3. The average Bonchev–Trinajstić information content (AvgIpc) is 2.75. The van der Waals surface area contributed by atoms with E-state index in [1.165, 1.54) is 5.56 Å². The van der Waals surface area contributed by atoms with E-state index in [0.29, 0.717) is 24.4 Å².